The maximum Gasteiger partial charge on any atom is 0.136 e. The molecule has 1 nitrogen and oxygen atoms in total. The molecule has 0 N–H and O–H groups in total. The van der Waals surface area contributed by atoms with Crippen molar-refractivity contribution in [2.45, 2.75) is 80.1 Å². The van der Waals surface area contributed by atoms with E-state index in [1.54, 1.807) is 0 Å². The van der Waals surface area contributed by atoms with Gasteiger partial charge in [0, 0.05) is 12.3 Å². The Balaban J connectivity index is 2.57. The number of carbonyl (C=O) groups is 1. The lowest BCUT2D eigenvalue weighted by atomic mass is 9.70. The molecule has 0 spiro atoms. The summed E-state index contributed by atoms with van der Waals surface area (Å²) in [6.45, 7) is 13.3. The first kappa shape index (κ1) is 15.7. The highest BCUT2D eigenvalue weighted by molar-refractivity contribution is 5.82. The molecule has 1 atom stereocenters. The van der Waals surface area contributed by atoms with Crippen molar-refractivity contribution >= 4 is 5.78 Å². The quantitative estimate of drug-likeness (QED) is 0.654. The molecular weight excluding hydrogens is 220 g/mol. The first-order valence-corrected chi connectivity index (χ1v) is 7.68. The van der Waals surface area contributed by atoms with E-state index in [0.717, 1.165) is 12.8 Å². The Morgan fingerprint density at radius 3 is 2.06 bits per heavy atom. The predicted octanol–water partition coefficient (Wildman–Crippen LogP) is 5.23. The molecule has 1 fully saturated rings. The molecule has 0 aliphatic heterocycles. The predicted molar refractivity (Wildman–Crippen MR) is 78.6 cm³/mol. The van der Waals surface area contributed by atoms with E-state index in [-0.39, 0.29) is 11.3 Å². The lowest BCUT2D eigenvalue weighted by molar-refractivity contribution is -0.128. The van der Waals surface area contributed by atoms with Gasteiger partial charge in [-0.15, -0.1) is 0 Å². The Kier molecular flexibility index (Phi) is 5.03. The Bertz CT molecular complexity index is 276. The number of rotatable bonds is 5. The monoisotopic (exact) mass is 252 g/mol. The summed E-state index contributed by atoms with van der Waals surface area (Å²) < 4.78 is 0. The average molecular weight is 252 g/mol. The van der Waals surface area contributed by atoms with Gasteiger partial charge >= 0.3 is 0 Å². The first-order valence-electron chi connectivity index (χ1n) is 7.68. The highest BCUT2D eigenvalue weighted by Gasteiger charge is 2.35. The van der Waals surface area contributed by atoms with Crippen LogP contribution in [0.3, 0.4) is 0 Å². The van der Waals surface area contributed by atoms with Crippen molar-refractivity contribution in [2.75, 3.05) is 0 Å². The largest absolute Gasteiger partial charge is 0.299 e. The Morgan fingerprint density at radius 1 is 1.17 bits per heavy atom. The van der Waals surface area contributed by atoms with E-state index in [4.69, 9.17) is 0 Å². The minimum absolute atomic E-state index is 0.0990. The van der Waals surface area contributed by atoms with Gasteiger partial charge in [0.2, 0.25) is 0 Å². The van der Waals surface area contributed by atoms with Gasteiger partial charge in [-0.05, 0) is 36.0 Å². The molecule has 0 radical (unpaired) electrons. The fourth-order valence-electron chi connectivity index (χ4n) is 3.91. The van der Waals surface area contributed by atoms with Crippen LogP contribution in [0.4, 0.5) is 0 Å². The molecule has 1 unspecified atom stereocenters. The van der Waals surface area contributed by atoms with Crippen LogP contribution in [0, 0.1) is 22.7 Å². The van der Waals surface area contributed by atoms with E-state index in [1.807, 2.05) is 0 Å². The SMILES string of the molecule is CC(C)C(C(=O)CCC1(C)CCCC1)C(C)(C)C. The zero-order valence-corrected chi connectivity index (χ0v) is 13.3. The van der Waals surface area contributed by atoms with E-state index >= 15 is 0 Å². The van der Waals surface area contributed by atoms with Crippen molar-refractivity contribution in [1.82, 2.24) is 0 Å². The highest BCUT2D eigenvalue weighted by Crippen LogP contribution is 2.42. The minimum Gasteiger partial charge on any atom is -0.299 e. The maximum atomic E-state index is 12.5. The van der Waals surface area contributed by atoms with E-state index in [1.165, 1.54) is 25.7 Å². The third-order valence-electron chi connectivity index (χ3n) is 4.73. The molecule has 0 amide bonds. The van der Waals surface area contributed by atoms with E-state index in [0.29, 0.717) is 17.1 Å². The molecule has 1 saturated carbocycles. The van der Waals surface area contributed by atoms with Gasteiger partial charge in [-0.3, -0.25) is 4.79 Å². The number of hydrogen-bond donors (Lipinski definition) is 0. The van der Waals surface area contributed by atoms with Gasteiger partial charge in [0.05, 0.1) is 0 Å². The van der Waals surface area contributed by atoms with Gasteiger partial charge in [-0.25, -0.2) is 0 Å². The van der Waals surface area contributed by atoms with Crippen molar-refractivity contribution in [3.8, 4) is 0 Å². The number of Topliss-reactive ketones (excluding diaryl/α,β-unsaturated/α-hetero) is 1. The smallest absolute Gasteiger partial charge is 0.136 e. The molecule has 1 rings (SSSR count). The van der Waals surface area contributed by atoms with Crippen LogP contribution >= 0.6 is 0 Å². The van der Waals surface area contributed by atoms with Gasteiger partial charge in [0.15, 0.2) is 0 Å². The molecular formula is C17H32O. The maximum absolute atomic E-state index is 12.5. The summed E-state index contributed by atoms with van der Waals surface area (Å²) in [5.41, 5.74) is 0.552. The van der Waals surface area contributed by atoms with Crippen LogP contribution in [-0.2, 0) is 4.79 Å². The molecule has 0 saturated heterocycles. The van der Waals surface area contributed by atoms with Crippen LogP contribution in [0.15, 0.2) is 0 Å². The molecule has 0 aromatic rings. The van der Waals surface area contributed by atoms with Crippen molar-refractivity contribution in [3.05, 3.63) is 0 Å². The van der Waals surface area contributed by atoms with Gasteiger partial charge in [-0.1, -0.05) is 54.4 Å². The fraction of sp³-hybridized carbons (Fsp3) is 0.941. The third kappa shape index (κ3) is 4.10. The summed E-state index contributed by atoms with van der Waals surface area (Å²) in [5, 5.41) is 0. The van der Waals surface area contributed by atoms with Crippen molar-refractivity contribution in [2.24, 2.45) is 22.7 Å². The summed E-state index contributed by atoms with van der Waals surface area (Å²) in [4.78, 5) is 12.5. The summed E-state index contributed by atoms with van der Waals surface area (Å²) in [6, 6.07) is 0. The van der Waals surface area contributed by atoms with Crippen molar-refractivity contribution < 1.29 is 4.79 Å². The van der Waals surface area contributed by atoms with Crippen LogP contribution in [-0.4, -0.2) is 5.78 Å². The lowest BCUT2D eigenvalue weighted by Gasteiger charge is -2.34. The third-order valence-corrected chi connectivity index (χ3v) is 4.73. The minimum atomic E-state index is 0.0990. The molecule has 1 heteroatoms. The normalized spacial score (nSPS) is 21.3. The van der Waals surface area contributed by atoms with Crippen LogP contribution in [0.1, 0.15) is 80.1 Å². The summed E-state index contributed by atoms with van der Waals surface area (Å²) in [6.07, 6.45) is 7.25. The number of carbonyl (C=O) groups excluding carboxylic acids is 1. The van der Waals surface area contributed by atoms with E-state index in [9.17, 15) is 4.79 Å². The van der Waals surface area contributed by atoms with E-state index < -0.39 is 0 Å². The molecule has 0 bridgehead atoms. The molecule has 0 aromatic carbocycles. The molecule has 106 valence electrons. The topological polar surface area (TPSA) is 17.1 Å². The molecule has 18 heavy (non-hydrogen) atoms. The summed E-state index contributed by atoms with van der Waals surface area (Å²) in [7, 11) is 0. The molecule has 1 aliphatic rings. The van der Waals surface area contributed by atoms with Crippen LogP contribution in [0.25, 0.3) is 0 Å². The van der Waals surface area contributed by atoms with Crippen LogP contribution in [0.2, 0.25) is 0 Å². The second kappa shape index (κ2) is 5.75. The van der Waals surface area contributed by atoms with Gasteiger partial charge in [-0.2, -0.15) is 0 Å². The van der Waals surface area contributed by atoms with Crippen LogP contribution in [0.5, 0.6) is 0 Å². The Hall–Kier alpha value is -0.330. The Morgan fingerprint density at radius 2 is 1.67 bits per heavy atom. The molecule has 1 aliphatic carbocycles. The van der Waals surface area contributed by atoms with E-state index in [2.05, 4.69) is 41.5 Å². The number of hydrogen-bond acceptors (Lipinski definition) is 1. The van der Waals surface area contributed by atoms with Gasteiger partial charge in [0.1, 0.15) is 5.78 Å². The second-order valence-corrected chi connectivity index (χ2v) is 8.07. The average Bonchev–Trinajstić information content (AvgIpc) is 2.60. The lowest BCUT2D eigenvalue weighted by Crippen LogP contribution is -2.33. The zero-order chi connectivity index (χ0) is 14.0. The second-order valence-electron chi connectivity index (χ2n) is 8.07. The van der Waals surface area contributed by atoms with Crippen LogP contribution < -0.4 is 0 Å². The molecule has 0 aromatic heterocycles. The fourth-order valence-corrected chi connectivity index (χ4v) is 3.91. The zero-order valence-electron chi connectivity index (χ0n) is 13.3. The first-order chi connectivity index (χ1) is 8.16. The standard InChI is InChI=1S/C17H32O/c1-13(2)15(16(3,4)5)14(18)9-12-17(6)10-7-8-11-17/h13,15H,7-12H2,1-6H3. The molecule has 0 heterocycles. The summed E-state index contributed by atoms with van der Waals surface area (Å²) >= 11 is 0. The highest BCUT2D eigenvalue weighted by atomic mass is 16.1. The number of ketones is 1. The Labute approximate surface area is 114 Å². The van der Waals surface area contributed by atoms with Gasteiger partial charge < -0.3 is 0 Å². The van der Waals surface area contributed by atoms with Crippen molar-refractivity contribution in [1.29, 1.82) is 0 Å². The summed E-state index contributed by atoms with van der Waals surface area (Å²) in [5.74, 6) is 1.15. The van der Waals surface area contributed by atoms with Gasteiger partial charge in [0.25, 0.3) is 0 Å². The van der Waals surface area contributed by atoms with Crippen molar-refractivity contribution in [3.63, 3.8) is 0 Å².